The van der Waals surface area contributed by atoms with E-state index in [1.165, 1.54) is 16.8 Å². The van der Waals surface area contributed by atoms with Gasteiger partial charge in [0.05, 0.1) is 20.7 Å². The van der Waals surface area contributed by atoms with Gasteiger partial charge in [-0.3, -0.25) is 4.79 Å². The van der Waals surface area contributed by atoms with Gasteiger partial charge in [0.15, 0.2) is 0 Å². The van der Waals surface area contributed by atoms with Gasteiger partial charge in [0.2, 0.25) is 0 Å². The summed E-state index contributed by atoms with van der Waals surface area (Å²) in [5, 5.41) is 4.92. The van der Waals surface area contributed by atoms with E-state index in [1.54, 1.807) is 18.3 Å². The molecule has 0 aliphatic heterocycles. The Morgan fingerprint density at radius 1 is 1.19 bits per heavy atom. The first-order chi connectivity index (χ1) is 15.4. The Morgan fingerprint density at radius 2 is 2.03 bits per heavy atom. The highest BCUT2D eigenvalue weighted by Crippen LogP contribution is 2.23. The van der Waals surface area contributed by atoms with E-state index in [9.17, 15) is 9.18 Å². The predicted molar refractivity (Wildman–Crippen MR) is 136 cm³/mol. The molecule has 8 heteroatoms. The van der Waals surface area contributed by atoms with Crippen LogP contribution in [0.1, 0.15) is 23.9 Å². The van der Waals surface area contributed by atoms with Crippen molar-refractivity contribution < 1.29 is 9.13 Å². The quantitative estimate of drug-likeness (QED) is 0.202. The fourth-order valence-corrected chi connectivity index (χ4v) is 4.23. The van der Waals surface area contributed by atoms with E-state index in [2.05, 4.69) is 48.6 Å². The van der Waals surface area contributed by atoms with Crippen molar-refractivity contribution in [2.24, 2.45) is 5.10 Å². The highest BCUT2D eigenvalue weighted by Gasteiger charge is 2.10. The van der Waals surface area contributed by atoms with Gasteiger partial charge in [-0.25, -0.2) is 9.37 Å². The molecule has 0 saturated carbocycles. The van der Waals surface area contributed by atoms with Crippen LogP contribution in [0, 0.1) is 9.39 Å². The minimum absolute atomic E-state index is 0.214. The number of rotatable bonds is 6. The normalized spacial score (nSPS) is 11.4. The molecule has 0 N–H and O–H groups in total. The van der Waals surface area contributed by atoms with Crippen LogP contribution in [0.15, 0.2) is 75.0 Å². The van der Waals surface area contributed by atoms with Crippen molar-refractivity contribution in [3.05, 3.63) is 102 Å². The molecule has 0 aliphatic carbocycles. The van der Waals surface area contributed by atoms with E-state index in [-0.39, 0.29) is 18.0 Å². The Balaban J connectivity index is 1.58. The van der Waals surface area contributed by atoms with Gasteiger partial charge in [0.1, 0.15) is 24.0 Å². The SMILES string of the molecule is CCc1nc2ccc(Br)cc2c(=O)n1N=Cc1ccc(OCc2cccc(F)c2)c(I)c1. The lowest BCUT2D eigenvalue weighted by Gasteiger charge is -2.10. The highest BCUT2D eigenvalue weighted by atomic mass is 127. The first kappa shape index (κ1) is 22.6. The monoisotopic (exact) mass is 605 g/mol. The van der Waals surface area contributed by atoms with Crippen LogP contribution in [-0.2, 0) is 13.0 Å². The smallest absolute Gasteiger partial charge is 0.282 e. The summed E-state index contributed by atoms with van der Waals surface area (Å²) in [5.41, 5.74) is 2.01. The molecule has 0 amide bonds. The minimum atomic E-state index is -0.287. The maximum atomic E-state index is 13.3. The molecule has 1 heterocycles. The molecule has 32 heavy (non-hydrogen) atoms. The molecule has 4 aromatic rings. The average molecular weight is 606 g/mol. The van der Waals surface area contributed by atoms with Gasteiger partial charge in [0.25, 0.3) is 5.56 Å². The number of aryl methyl sites for hydroxylation is 1. The molecule has 0 unspecified atom stereocenters. The van der Waals surface area contributed by atoms with Crippen molar-refractivity contribution in [1.29, 1.82) is 0 Å². The van der Waals surface area contributed by atoms with Crippen molar-refractivity contribution in [1.82, 2.24) is 9.66 Å². The lowest BCUT2D eigenvalue weighted by molar-refractivity contribution is 0.303. The maximum absolute atomic E-state index is 13.3. The Labute approximate surface area is 206 Å². The van der Waals surface area contributed by atoms with Crippen LogP contribution in [0.25, 0.3) is 10.9 Å². The summed E-state index contributed by atoms with van der Waals surface area (Å²) in [6.45, 7) is 2.21. The molecule has 0 saturated heterocycles. The van der Waals surface area contributed by atoms with Gasteiger partial charge < -0.3 is 4.74 Å². The van der Waals surface area contributed by atoms with Gasteiger partial charge in [-0.1, -0.05) is 35.0 Å². The molecule has 4 rings (SSSR count). The first-order valence-electron chi connectivity index (χ1n) is 9.87. The number of halogens is 3. The first-order valence-corrected chi connectivity index (χ1v) is 11.7. The average Bonchev–Trinajstić information content (AvgIpc) is 2.78. The van der Waals surface area contributed by atoms with E-state index in [4.69, 9.17) is 4.74 Å². The second kappa shape index (κ2) is 9.91. The predicted octanol–water partition coefficient (Wildman–Crippen LogP) is 5.93. The van der Waals surface area contributed by atoms with Crippen LogP contribution in [0.5, 0.6) is 5.75 Å². The van der Waals surface area contributed by atoms with Crippen LogP contribution < -0.4 is 10.3 Å². The lowest BCUT2D eigenvalue weighted by atomic mass is 10.2. The number of hydrogen-bond acceptors (Lipinski definition) is 4. The Hall–Kier alpha value is -2.59. The summed E-state index contributed by atoms with van der Waals surface area (Å²) in [6, 6.07) is 17.4. The summed E-state index contributed by atoms with van der Waals surface area (Å²) in [6.07, 6.45) is 2.20. The molecule has 0 aliphatic rings. The van der Waals surface area contributed by atoms with Crippen molar-refractivity contribution in [3.8, 4) is 5.75 Å². The van der Waals surface area contributed by atoms with Crippen molar-refractivity contribution in [2.75, 3.05) is 0 Å². The van der Waals surface area contributed by atoms with E-state index < -0.39 is 0 Å². The third-order valence-electron chi connectivity index (χ3n) is 4.75. The van der Waals surface area contributed by atoms with Gasteiger partial charge in [-0.2, -0.15) is 9.78 Å². The number of benzene rings is 3. The third kappa shape index (κ3) is 5.07. The van der Waals surface area contributed by atoms with E-state index in [1.807, 2.05) is 43.3 Å². The number of fused-ring (bicyclic) bond motifs is 1. The summed E-state index contributed by atoms with van der Waals surface area (Å²) < 4.78 is 22.2. The maximum Gasteiger partial charge on any atom is 0.282 e. The molecule has 1 aromatic heterocycles. The van der Waals surface area contributed by atoms with Gasteiger partial charge >= 0.3 is 0 Å². The Morgan fingerprint density at radius 3 is 2.78 bits per heavy atom. The summed E-state index contributed by atoms with van der Waals surface area (Å²) in [4.78, 5) is 17.6. The van der Waals surface area contributed by atoms with Crippen molar-refractivity contribution in [3.63, 3.8) is 0 Å². The third-order valence-corrected chi connectivity index (χ3v) is 6.09. The Bertz CT molecular complexity index is 1390. The molecular formula is C24H18BrFIN3O2. The largest absolute Gasteiger partial charge is 0.488 e. The zero-order chi connectivity index (χ0) is 22.7. The summed E-state index contributed by atoms with van der Waals surface area (Å²) in [5.74, 6) is 0.992. The van der Waals surface area contributed by atoms with Gasteiger partial charge in [-0.15, -0.1) is 0 Å². The lowest BCUT2D eigenvalue weighted by Crippen LogP contribution is -2.22. The second-order valence-corrected chi connectivity index (χ2v) is 9.09. The standard InChI is InChI=1S/C24H18BrFIN3O2/c1-2-23-29-21-8-7-17(25)12-19(21)24(31)30(23)28-13-15-6-9-22(20(27)11-15)32-14-16-4-3-5-18(26)10-16/h3-13H,2,14H2,1H3. The molecule has 0 radical (unpaired) electrons. The topological polar surface area (TPSA) is 56.5 Å². The van der Waals surface area contributed by atoms with Crippen molar-refractivity contribution >= 4 is 55.6 Å². The Kier molecular flexibility index (Phi) is 7.00. The summed E-state index contributed by atoms with van der Waals surface area (Å²) >= 11 is 5.58. The molecular weight excluding hydrogens is 588 g/mol. The number of aromatic nitrogens is 2. The van der Waals surface area contributed by atoms with E-state index >= 15 is 0 Å². The molecule has 0 atom stereocenters. The van der Waals surface area contributed by atoms with Crippen LogP contribution >= 0.6 is 38.5 Å². The fraction of sp³-hybridized carbons (Fsp3) is 0.125. The number of nitrogens with zero attached hydrogens (tertiary/aromatic N) is 3. The van der Waals surface area contributed by atoms with Crippen molar-refractivity contribution in [2.45, 2.75) is 20.0 Å². The molecule has 162 valence electrons. The minimum Gasteiger partial charge on any atom is -0.488 e. The van der Waals surface area contributed by atoms with Gasteiger partial charge in [0, 0.05) is 10.9 Å². The zero-order valence-electron chi connectivity index (χ0n) is 17.1. The fourth-order valence-electron chi connectivity index (χ4n) is 3.17. The number of ether oxygens (including phenoxy) is 1. The van der Waals surface area contributed by atoms with Crippen LogP contribution in [0.3, 0.4) is 0 Å². The van der Waals surface area contributed by atoms with E-state index in [0.29, 0.717) is 28.9 Å². The van der Waals surface area contributed by atoms with Gasteiger partial charge in [-0.05, 0) is 82.2 Å². The molecule has 0 bridgehead atoms. The highest BCUT2D eigenvalue weighted by molar-refractivity contribution is 14.1. The van der Waals surface area contributed by atoms with Crippen LogP contribution in [0.2, 0.25) is 0 Å². The van der Waals surface area contributed by atoms with E-state index in [0.717, 1.165) is 19.2 Å². The number of hydrogen-bond donors (Lipinski definition) is 0. The van der Waals surface area contributed by atoms with Crippen LogP contribution in [-0.4, -0.2) is 15.9 Å². The summed E-state index contributed by atoms with van der Waals surface area (Å²) in [7, 11) is 0. The zero-order valence-corrected chi connectivity index (χ0v) is 20.8. The molecule has 0 fully saturated rings. The molecule has 0 spiro atoms. The molecule has 5 nitrogen and oxygen atoms in total. The molecule has 3 aromatic carbocycles. The second-order valence-electron chi connectivity index (χ2n) is 7.01. The van der Waals surface area contributed by atoms with Crippen LogP contribution in [0.4, 0.5) is 4.39 Å².